The fourth-order valence-electron chi connectivity index (χ4n) is 4.06. The number of nitrogens with one attached hydrogen (secondary N) is 1. The molecule has 1 N–H and O–H groups in total. The van der Waals surface area contributed by atoms with Crippen LogP contribution >= 0.6 is 24.0 Å². The Kier molecular flexibility index (Phi) is 7.56. The van der Waals surface area contributed by atoms with Gasteiger partial charge in [0.2, 0.25) is 0 Å². The standard InChI is InChI=1S/C22H31N5O.HI/c1-18-14-20(25-28-18)16-26-10-12-27(13-11-26)21(23-2)24-17-22(8-9-22)15-19-6-4-3-5-7-19;/h3-7,14H,8-13,15-17H2,1-2H3,(H,23,24);1H. The SMILES string of the molecule is CN=C(NCC1(Cc2ccccc2)CC1)N1CCN(Cc2cc(C)on2)CC1.I. The second kappa shape index (κ2) is 9.93. The van der Waals surface area contributed by atoms with Crippen molar-refractivity contribution in [1.82, 2.24) is 20.3 Å². The molecule has 0 amide bonds. The van der Waals surface area contributed by atoms with Crippen LogP contribution in [-0.2, 0) is 13.0 Å². The van der Waals surface area contributed by atoms with Gasteiger partial charge in [0.25, 0.3) is 0 Å². The maximum Gasteiger partial charge on any atom is 0.193 e. The van der Waals surface area contributed by atoms with Crippen molar-refractivity contribution in [2.45, 2.75) is 32.7 Å². The highest BCUT2D eigenvalue weighted by atomic mass is 127. The summed E-state index contributed by atoms with van der Waals surface area (Å²) in [6, 6.07) is 12.9. The highest BCUT2D eigenvalue weighted by Crippen LogP contribution is 2.47. The van der Waals surface area contributed by atoms with E-state index in [9.17, 15) is 0 Å². The predicted molar refractivity (Wildman–Crippen MR) is 127 cm³/mol. The molecule has 2 fully saturated rings. The molecular weight excluding hydrogens is 477 g/mol. The van der Waals surface area contributed by atoms with E-state index in [-0.39, 0.29) is 24.0 Å². The smallest absolute Gasteiger partial charge is 0.193 e. The highest BCUT2D eigenvalue weighted by molar-refractivity contribution is 14.0. The van der Waals surface area contributed by atoms with Gasteiger partial charge in [0.15, 0.2) is 5.96 Å². The zero-order valence-electron chi connectivity index (χ0n) is 17.4. The van der Waals surface area contributed by atoms with Gasteiger partial charge in [0.05, 0.1) is 5.69 Å². The van der Waals surface area contributed by atoms with Gasteiger partial charge in [0, 0.05) is 52.4 Å². The summed E-state index contributed by atoms with van der Waals surface area (Å²) >= 11 is 0. The second-order valence-corrected chi connectivity index (χ2v) is 8.26. The number of benzene rings is 1. The molecule has 0 spiro atoms. The van der Waals surface area contributed by atoms with Crippen molar-refractivity contribution in [3.05, 3.63) is 53.4 Å². The number of guanidine groups is 1. The van der Waals surface area contributed by atoms with Crippen molar-refractivity contribution in [2.24, 2.45) is 10.4 Å². The number of aliphatic imine (C=N–C) groups is 1. The van der Waals surface area contributed by atoms with E-state index in [1.54, 1.807) is 0 Å². The quantitative estimate of drug-likeness (QED) is 0.368. The summed E-state index contributed by atoms with van der Waals surface area (Å²) in [4.78, 5) is 9.36. The monoisotopic (exact) mass is 509 g/mol. The van der Waals surface area contributed by atoms with E-state index in [2.05, 4.69) is 55.6 Å². The Balaban J connectivity index is 0.00000240. The lowest BCUT2D eigenvalue weighted by molar-refractivity contribution is 0.168. The molecule has 2 aliphatic rings. The first kappa shape index (κ1) is 22.1. The minimum atomic E-state index is 0. The third kappa shape index (κ3) is 5.94. The number of hydrogen-bond acceptors (Lipinski definition) is 4. The minimum Gasteiger partial charge on any atom is -0.361 e. The molecule has 1 aromatic heterocycles. The third-order valence-corrected chi connectivity index (χ3v) is 5.95. The number of piperazine rings is 1. The molecule has 29 heavy (non-hydrogen) atoms. The van der Waals surface area contributed by atoms with Crippen molar-refractivity contribution in [1.29, 1.82) is 0 Å². The lowest BCUT2D eigenvalue weighted by Gasteiger charge is -2.36. The topological polar surface area (TPSA) is 56.9 Å². The van der Waals surface area contributed by atoms with E-state index in [0.29, 0.717) is 5.41 Å². The summed E-state index contributed by atoms with van der Waals surface area (Å²) in [6.07, 6.45) is 3.76. The van der Waals surface area contributed by atoms with Gasteiger partial charge >= 0.3 is 0 Å². The molecule has 6 nitrogen and oxygen atoms in total. The first-order valence-electron chi connectivity index (χ1n) is 10.3. The Morgan fingerprint density at radius 2 is 1.90 bits per heavy atom. The number of aryl methyl sites for hydroxylation is 1. The molecular formula is C22H32IN5O. The largest absolute Gasteiger partial charge is 0.361 e. The van der Waals surface area contributed by atoms with Crippen LogP contribution < -0.4 is 5.32 Å². The normalized spacial score (nSPS) is 19.0. The van der Waals surface area contributed by atoms with E-state index in [1.165, 1.54) is 18.4 Å². The second-order valence-electron chi connectivity index (χ2n) is 8.26. The fourth-order valence-corrected chi connectivity index (χ4v) is 4.06. The van der Waals surface area contributed by atoms with Crippen LogP contribution in [0.1, 0.15) is 29.9 Å². The molecule has 4 rings (SSSR count). The number of halogens is 1. The van der Waals surface area contributed by atoms with Gasteiger partial charge in [0.1, 0.15) is 5.76 Å². The van der Waals surface area contributed by atoms with E-state index < -0.39 is 0 Å². The molecule has 2 heterocycles. The first-order valence-corrected chi connectivity index (χ1v) is 10.3. The Labute approximate surface area is 190 Å². The first-order chi connectivity index (χ1) is 13.7. The van der Waals surface area contributed by atoms with E-state index in [4.69, 9.17) is 4.52 Å². The van der Waals surface area contributed by atoms with Crippen LogP contribution in [0.2, 0.25) is 0 Å². The van der Waals surface area contributed by atoms with Gasteiger partial charge in [-0.15, -0.1) is 24.0 Å². The van der Waals surface area contributed by atoms with Crippen molar-refractivity contribution < 1.29 is 4.52 Å². The molecule has 0 bridgehead atoms. The molecule has 0 unspecified atom stereocenters. The van der Waals surface area contributed by atoms with Gasteiger partial charge < -0.3 is 14.7 Å². The number of nitrogens with zero attached hydrogens (tertiary/aromatic N) is 4. The molecule has 1 saturated carbocycles. The molecule has 158 valence electrons. The van der Waals surface area contributed by atoms with Crippen molar-refractivity contribution >= 4 is 29.9 Å². The van der Waals surface area contributed by atoms with Crippen molar-refractivity contribution in [2.75, 3.05) is 39.8 Å². The van der Waals surface area contributed by atoms with Crippen molar-refractivity contribution in [3.63, 3.8) is 0 Å². The molecule has 7 heteroatoms. The fraction of sp³-hybridized carbons (Fsp3) is 0.545. The minimum absolute atomic E-state index is 0. The number of aromatic nitrogens is 1. The zero-order chi connectivity index (χ0) is 19.4. The summed E-state index contributed by atoms with van der Waals surface area (Å²) in [5.74, 6) is 1.92. The maximum absolute atomic E-state index is 5.18. The van der Waals surface area contributed by atoms with Gasteiger partial charge in [-0.25, -0.2) is 0 Å². The number of hydrogen-bond donors (Lipinski definition) is 1. The van der Waals surface area contributed by atoms with Gasteiger partial charge in [-0.2, -0.15) is 0 Å². The molecule has 1 aliphatic carbocycles. The van der Waals surface area contributed by atoms with Crippen LogP contribution in [0.5, 0.6) is 0 Å². The Morgan fingerprint density at radius 3 is 2.48 bits per heavy atom. The van der Waals surface area contributed by atoms with Crippen LogP contribution in [-0.4, -0.2) is 60.7 Å². The molecule has 0 atom stereocenters. The molecule has 0 radical (unpaired) electrons. The lowest BCUT2D eigenvalue weighted by atomic mass is 9.96. The van der Waals surface area contributed by atoms with Crippen molar-refractivity contribution in [3.8, 4) is 0 Å². The van der Waals surface area contributed by atoms with Crippen LogP contribution in [0.4, 0.5) is 0 Å². The van der Waals surface area contributed by atoms with Crippen LogP contribution in [0.3, 0.4) is 0 Å². The third-order valence-electron chi connectivity index (χ3n) is 5.95. The van der Waals surface area contributed by atoms with Gasteiger partial charge in [-0.3, -0.25) is 9.89 Å². The Hall–Kier alpha value is -1.61. The summed E-state index contributed by atoms with van der Waals surface area (Å²) in [5, 5.41) is 7.77. The molecule has 1 aliphatic heterocycles. The molecule has 1 aromatic carbocycles. The Morgan fingerprint density at radius 1 is 1.17 bits per heavy atom. The lowest BCUT2D eigenvalue weighted by Crippen LogP contribution is -2.53. The Bertz CT molecular complexity index is 795. The van der Waals surface area contributed by atoms with Gasteiger partial charge in [-0.05, 0) is 37.2 Å². The summed E-state index contributed by atoms with van der Waals surface area (Å²) in [6.45, 7) is 7.81. The predicted octanol–water partition coefficient (Wildman–Crippen LogP) is 3.32. The van der Waals surface area contributed by atoms with E-state index in [1.807, 2.05) is 20.0 Å². The summed E-state index contributed by atoms with van der Waals surface area (Å²) in [5.41, 5.74) is 2.86. The van der Waals surface area contributed by atoms with Crippen LogP contribution in [0, 0.1) is 12.3 Å². The summed E-state index contributed by atoms with van der Waals surface area (Å²) < 4.78 is 5.18. The summed E-state index contributed by atoms with van der Waals surface area (Å²) in [7, 11) is 1.89. The van der Waals surface area contributed by atoms with Gasteiger partial charge in [-0.1, -0.05) is 35.5 Å². The van der Waals surface area contributed by atoms with E-state index >= 15 is 0 Å². The van der Waals surface area contributed by atoms with Crippen LogP contribution in [0.25, 0.3) is 0 Å². The molecule has 1 saturated heterocycles. The zero-order valence-corrected chi connectivity index (χ0v) is 19.8. The average molecular weight is 509 g/mol. The maximum atomic E-state index is 5.18. The van der Waals surface area contributed by atoms with E-state index in [0.717, 1.165) is 63.1 Å². The highest BCUT2D eigenvalue weighted by Gasteiger charge is 2.42. The number of rotatable bonds is 6. The average Bonchev–Trinajstić information content (AvgIpc) is 3.35. The van der Waals surface area contributed by atoms with Crippen LogP contribution in [0.15, 0.2) is 45.9 Å². The molecule has 2 aromatic rings.